The molecule has 0 amide bonds. The second-order valence-electron chi connectivity index (χ2n) is 5.00. The van der Waals surface area contributed by atoms with Crippen LogP contribution in [0, 0.1) is 0 Å². The molecule has 1 saturated carbocycles. The number of anilines is 1. The van der Waals surface area contributed by atoms with Crippen LogP contribution in [-0.4, -0.2) is 29.9 Å². The fourth-order valence-corrected chi connectivity index (χ4v) is 2.60. The Morgan fingerprint density at radius 3 is 2.89 bits per heavy atom. The zero-order chi connectivity index (χ0) is 13.8. The molecule has 1 heterocycles. The van der Waals surface area contributed by atoms with Gasteiger partial charge in [-0.25, -0.2) is 4.79 Å². The van der Waals surface area contributed by atoms with Crippen LogP contribution in [0.25, 0.3) is 0 Å². The van der Waals surface area contributed by atoms with Gasteiger partial charge in [0.25, 0.3) is 0 Å². The Labute approximate surface area is 113 Å². The second-order valence-corrected chi connectivity index (χ2v) is 5.00. The normalized spacial score (nSPS) is 23.3. The second kappa shape index (κ2) is 6.10. The third-order valence-electron chi connectivity index (χ3n) is 3.65. The molecule has 1 aliphatic rings. The van der Waals surface area contributed by atoms with Crippen LogP contribution in [0.3, 0.4) is 0 Å². The molecule has 2 atom stereocenters. The number of carbonyl (C=O) groups is 1. The first kappa shape index (κ1) is 13.9. The molecule has 0 saturated heterocycles. The van der Waals surface area contributed by atoms with E-state index >= 15 is 0 Å². The number of methoxy groups -OCH3 is 1. The molecule has 0 bridgehead atoms. The van der Waals surface area contributed by atoms with Crippen LogP contribution in [0.2, 0.25) is 0 Å². The van der Waals surface area contributed by atoms with E-state index in [0.717, 1.165) is 25.7 Å². The van der Waals surface area contributed by atoms with Gasteiger partial charge < -0.3 is 19.8 Å². The van der Waals surface area contributed by atoms with Crippen molar-refractivity contribution in [3.05, 3.63) is 18.0 Å². The molecule has 2 N–H and O–H groups in total. The minimum absolute atomic E-state index is 0.0485. The van der Waals surface area contributed by atoms with Crippen molar-refractivity contribution in [1.29, 1.82) is 0 Å². The maximum Gasteiger partial charge on any atom is 0.355 e. The molecule has 0 aromatic carbocycles. The molecule has 106 valence electrons. The van der Waals surface area contributed by atoms with Crippen LogP contribution >= 0.6 is 0 Å². The average Bonchev–Trinajstić information content (AvgIpc) is 2.80. The number of nitrogens with zero attached hydrogens (tertiary/aromatic N) is 1. The van der Waals surface area contributed by atoms with Crippen LogP contribution in [0.1, 0.15) is 43.1 Å². The molecule has 0 spiro atoms. The minimum Gasteiger partial charge on any atom is -0.458 e. The highest BCUT2D eigenvalue weighted by atomic mass is 16.5. The van der Waals surface area contributed by atoms with Gasteiger partial charge in [0, 0.05) is 26.3 Å². The van der Waals surface area contributed by atoms with E-state index in [4.69, 9.17) is 15.2 Å². The van der Waals surface area contributed by atoms with E-state index in [2.05, 4.69) is 0 Å². The molecule has 1 aromatic heterocycles. The van der Waals surface area contributed by atoms with Crippen molar-refractivity contribution in [2.45, 2.75) is 51.4 Å². The predicted octanol–water partition coefficient (Wildman–Crippen LogP) is 2.20. The number of hydrogen-bond donors (Lipinski definition) is 1. The average molecular weight is 266 g/mol. The number of nitrogens with two attached hydrogens (primary N) is 1. The molecule has 0 radical (unpaired) electrons. The van der Waals surface area contributed by atoms with E-state index in [9.17, 15) is 4.79 Å². The van der Waals surface area contributed by atoms with E-state index in [0.29, 0.717) is 17.9 Å². The molecular weight excluding hydrogens is 244 g/mol. The summed E-state index contributed by atoms with van der Waals surface area (Å²) in [5, 5.41) is 0. The van der Waals surface area contributed by atoms with Gasteiger partial charge in [-0.1, -0.05) is 0 Å². The van der Waals surface area contributed by atoms with Gasteiger partial charge in [0.05, 0.1) is 11.8 Å². The maximum atomic E-state index is 12.2. The van der Waals surface area contributed by atoms with Gasteiger partial charge in [-0.05, 0) is 32.3 Å². The minimum atomic E-state index is -0.291. The van der Waals surface area contributed by atoms with Crippen LogP contribution in [0.15, 0.2) is 12.3 Å². The first-order valence-electron chi connectivity index (χ1n) is 6.83. The fraction of sp³-hybridized carbons (Fsp3) is 0.643. The molecule has 1 fully saturated rings. The first-order valence-corrected chi connectivity index (χ1v) is 6.83. The molecule has 5 nitrogen and oxygen atoms in total. The highest BCUT2D eigenvalue weighted by Gasteiger charge is 2.26. The summed E-state index contributed by atoms with van der Waals surface area (Å²) in [4.78, 5) is 12.2. The zero-order valence-corrected chi connectivity index (χ0v) is 11.6. The van der Waals surface area contributed by atoms with Gasteiger partial charge in [0.15, 0.2) is 0 Å². The van der Waals surface area contributed by atoms with E-state index in [1.165, 1.54) is 0 Å². The van der Waals surface area contributed by atoms with Gasteiger partial charge in [-0.3, -0.25) is 0 Å². The third-order valence-corrected chi connectivity index (χ3v) is 3.65. The lowest BCUT2D eigenvalue weighted by molar-refractivity contribution is -0.0156. The standard InChI is InChI=1S/C14H22N2O3/c1-3-16-9-10(15)7-13(16)14(17)19-12-6-4-5-11(8-12)18-2/h7,9,11-12H,3-6,8,15H2,1-2H3. The summed E-state index contributed by atoms with van der Waals surface area (Å²) in [5.41, 5.74) is 6.84. The Kier molecular flexibility index (Phi) is 4.47. The number of rotatable bonds is 4. The highest BCUT2D eigenvalue weighted by molar-refractivity contribution is 5.89. The lowest BCUT2D eigenvalue weighted by atomic mass is 9.95. The number of carbonyl (C=O) groups excluding carboxylic acids is 1. The molecule has 1 aromatic rings. The Balaban J connectivity index is 2.00. The van der Waals surface area contributed by atoms with E-state index in [-0.39, 0.29) is 18.2 Å². The van der Waals surface area contributed by atoms with Gasteiger partial charge in [-0.2, -0.15) is 0 Å². The van der Waals surface area contributed by atoms with Gasteiger partial charge in [-0.15, -0.1) is 0 Å². The molecule has 2 unspecified atom stereocenters. The van der Waals surface area contributed by atoms with Crippen molar-refractivity contribution < 1.29 is 14.3 Å². The van der Waals surface area contributed by atoms with E-state index in [1.54, 1.807) is 19.4 Å². The number of nitrogen functional groups attached to an aromatic ring is 1. The fourth-order valence-electron chi connectivity index (χ4n) is 2.60. The Hall–Kier alpha value is -1.49. The number of esters is 1. The van der Waals surface area contributed by atoms with Crippen molar-refractivity contribution in [1.82, 2.24) is 4.57 Å². The predicted molar refractivity (Wildman–Crippen MR) is 73.0 cm³/mol. The van der Waals surface area contributed by atoms with E-state index in [1.807, 2.05) is 11.5 Å². The van der Waals surface area contributed by atoms with Crippen LogP contribution in [0.5, 0.6) is 0 Å². The largest absolute Gasteiger partial charge is 0.458 e. The molecule has 2 rings (SSSR count). The van der Waals surface area contributed by atoms with Crippen LogP contribution in [0.4, 0.5) is 5.69 Å². The Bertz CT molecular complexity index is 442. The number of aromatic nitrogens is 1. The third kappa shape index (κ3) is 3.29. The number of hydrogen-bond acceptors (Lipinski definition) is 4. The van der Waals surface area contributed by atoms with Crippen LogP contribution < -0.4 is 5.73 Å². The Morgan fingerprint density at radius 2 is 2.21 bits per heavy atom. The monoisotopic (exact) mass is 266 g/mol. The molecule has 1 aliphatic carbocycles. The maximum absolute atomic E-state index is 12.2. The highest BCUT2D eigenvalue weighted by Crippen LogP contribution is 2.24. The lowest BCUT2D eigenvalue weighted by Gasteiger charge is -2.27. The molecule has 0 aliphatic heterocycles. The van der Waals surface area contributed by atoms with Gasteiger partial charge in [0.1, 0.15) is 11.8 Å². The van der Waals surface area contributed by atoms with E-state index < -0.39 is 0 Å². The molecular formula is C14H22N2O3. The number of aryl methyl sites for hydroxylation is 1. The van der Waals surface area contributed by atoms with Crippen molar-refractivity contribution in [3.63, 3.8) is 0 Å². The smallest absolute Gasteiger partial charge is 0.355 e. The molecule has 5 heteroatoms. The topological polar surface area (TPSA) is 66.5 Å². The van der Waals surface area contributed by atoms with Gasteiger partial charge >= 0.3 is 5.97 Å². The van der Waals surface area contributed by atoms with Crippen molar-refractivity contribution >= 4 is 11.7 Å². The summed E-state index contributed by atoms with van der Waals surface area (Å²) >= 11 is 0. The summed E-state index contributed by atoms with van der Waals surface area (Å²) in [6.45, 7) is 2.67. The Morgan fingerprint density at radius 1 is 1.47 bits per heavy atom. The van der Waals surface area contributed by atoms with Crippen molar-refractivity contribution in [3.8, 4) is 0 Å². The summed E-state index contributed by atoms with van der Waals surface area (Å²) in [7, 11) is 1.71. The summed E-state index contributed by atoms with van der Waals surface area (Å²) in [6, 6.07) is 1.67. The summed E-state index contributed by atoms with van der Waals surface area (Å²) < 4.78 is 12.7. The number of ether oxygens (including phenoxy) is 2. The summed E-state index contributed by atoms with van der Waals surface area (Å²) in [5.74, 6) is -0.291. The summed E-state index contributed by atoms with van der Waals surface area (Å²) in [6.07, 6.45) is 5.69. The SMILES string of the molecule is CCn1cc(N)cc1C(=O)OC1CCCC(OC)C1. The van der Waals surface area contributed by atoms with Gasteiger partial charge in [0.2, 0.25) is 0 Å². The lowest BCUT2D eigenvalue weighted by Crippen LogP contribution is -2.29. The quantitative estimate of drug-likeness (QED) is 0.848. The zero-order valence-electron chi connectivity index (χ0n) is 11.6. The van der Waals surface area contributed by atoms with Crippen molar-refractivity contribution in [2.75, 3.05) is 12.8 Å². The van der Waals surface area contributed by atoms with Crippen molar-refractivity contribution in [2.24, 2.45) is 0 Å². The molecule has 19 heavy (non-hydrogen) atoms. The first-order chi connectivity index (χ1) is 9.13. The van der Waals surface area contributed by atoms with Crippen LogP contribution in [-0.2, 0) is 16.0 Å².